The Morgan fingerprint density at radius 2 is 2.28 bits per heavy atom. The van der Waals surface area contributed by atoms with Crippen LogP contribution in [0.3, 0.4) is 0 Å². The highest BCUT2D eigenvalue weighted by atomic mass is 35.5. The molecule has 1 aromatic carbocycles. The van der Waals surface area contributed by atoms with Crippen molar-refractivity contribution in [3.8, 4) is 0 Å². The van der Waals surface area contributed by atoms with Crippen molar-refractivity contribution in [1.29, 1.82) is 0 Å². The van der Waals surface area contributed by atoms with Gasteiger partial charge in [-0.05, 0) is 12.5 Å². The van der Waals surface area contributed by atoms with E-state index in [0.29, 0.717) is 12.1 Å². The molecule has 7 heteroatoms. The number of nitro groups is 1. The number of nitro benzene ring substituents is 1. The molecule has 0 amide bonds. The molecule has 0 bridgehead atoms. The number of anilines is 1. The fourth-order valence-corrected chi connectivity index (χ4v) is 1.68. The molecule has 0 radical (unpaired) electrons. The van der Waals surface area contributed by atoms with Crippen LogP contribution in [0.25, 0.3) is 0 Å². The summed E-state index contributed by atoms with van der Waals surface area (Å²) in [4.78, 5) is 21.6. The average molecular weight is 273 g/mol. The Bertz CT molecular complexity index is 464. The first-order valence-electron chi connectivity index (χ1n) is 5.28. The molecule has 1 atom stereocenters. The molecule has 0 aliphatic heterocycles. The molecule has 1 N–H and O–H groups in total. The maximum Gasteiger partial charge on any atom is 0.328 e. The monoisotopic (exact) mass is 272 g/mol. The second-order valence-corrected chi connectivity index (χ2v) is 3.90. The van der Waals surface area contributed by atoms with E-state index in [1.54, 1.807) is 13.0 Å². The summed E-state index contributed by atoms with van der Waals surface area (Å²) < 4.78 is 4.61. The summed E-state index contributed by atoms with van der Waals surface area (Å²) in [5, 5.41) is 13.5. The molecule has 1 unspecified atom stereocenters. The molecule has 18 heavy (non-hydrogen) atoms. The van der Waals surface area contributed by atoms with E-state index in [-0.39, 0.29) is 10.7 Å². The van der Waals surface area contributed by atoms with Gasteiger partial charge in [-0.2, -0.15) is 0 Å². The van der Waals surface area contributed by atoms with Crippen molar-refractivity contribution in [2.24, 2.45) is 0 Å². The van der Waals surface area contributed by atoms with Crippen molar-refractivity contribution >= 4 is 28.9 Å². The second-order valence-electron chi connectivity index (χ2n) is 3.52. The van der Waals surface area contributed by atoms with Gasteiger partial charge in [-0.25, -0.2) is 4.79 Å². The molecule has 0 spiro atoms. The minimum atomic E-state index is -0.588. The van der Waals surface area contributed by atoms with Crippen molar-refractivity contribution < 1.29 is 14.5 Å². The van der Waals surface area contributed by atoms with E-state index in [1.807, 2.05) is 0 Å². The normalized spacial score (nSPS) is 11.7. The van der Waals surface area contributed by atoms with E-state index in [9.17, 15) is 14.9 Å². The zero-order valence-electron chi connectivity index (χ0n) is 9.97. The Balaban J connectivity index is 3.00. The highest BCUT2D eigenvalue weighted by molar-refractivity contribution is 6.35. The van der Waals surface area contributed by atoms with Crippen LogP contribution < -0.4 is 5.32 Å². The third kappa shape index (κ3) is 3.10. The number of hydrogen-bond acceptors (Lipinski definition) is 5. The average Bonchev–Trinajstić information content (AvgIpc) is 2.36. The molecule has 6 nitrogen and oxygen atoms in total. The largest absolute Gasteiger partial charge is 0.467 e. The lowest BCUT2D eigenvalue weighted by molar-refractivity contribution is -0.384. The standard InChI is InChI=1S/C11H13ClN2O4/c1-3-7(11(15)18-2)13-8-5-4-6-9(10(8)12)14(16)17/h4-7,13H,3H2,1-2H3. The number of nitrogens with zero attached hydrogens (tertiary/aromatic N) is 1. The molecule has 0 saturated carbocycles. The zero-order chi connectivity index (χ0) is 13.7. The predicted octanol–water partition coefficient (Wildman–Crippen LogP) is 2.61. The summed E-state index contributed by atoms with van der Waals surface area (Å²) >= 11 is 5.90. The van der Waals surface area contributed by atoms with Crippen LogP contribution in [0.1, 0.15) is 13.3 Å². The van der Waals surface area contributed by atoms with E-state index < -0.39 is 16.9 Å². The molecule has 0 aromatic heterocycles. The van der Waals surface area contributed by atoms with Gasteiger partial charge in [-0.15, -0.1) is 0 Å². The molecule has 1 rings (SSSR count). The van der Waals surface area contributed by atoms with Gasteiger partial charge in [0.2, 0.25) is 0 Å². The van der Waals surface area contributed by atoms with Crippen LogP contribution >= 0.6 is 11.6 Å². The van der Waals surface area contributed by atoms with Crippen LogP contribution in [0.4, 0.5) is 11.4 Å². The molecule has 0 aliphatic carbocycles. The number of carbonyl (C=O) groups is 1. The number of hydrogen-bond donors (Lipinski definition) is 1. The third-order valence-electron chi connectivity index (χ3n) is 2.40. The smallest absolute Gasteiger partial charge is 0.328 e. The zero-order valence-corrected chi connectivity index (χ0v) is 10.7. The number of benzene rings is 1. The first kappa shape index (κ1) is 14.2. The molecule has 0 fully saturated rings. The Morgan fingerprint density at radius 1 is 1.61 bits per heavy atom. The van der Waals surface area contributed by atoms with Gasteiger partial charge in [0.05, 0.1) is 17.7 Å². The van der Waals surface area contributed by atoms with Gasteiger partial charge in [0.25, 0.3) is 5.69 Å². The highest BCUT2D eigenvalue weighted by Gasteiger charge is 2.21. The molecule has 1 aromatic rings. The first-order chi connectivity index (χ1) is 8.51. The Morgan fingerprint density at radius 3 is 2.78 bits per heavy atom. The molecule has 0 saturated heterocycles. The van der Waals surface area contributed by atoms with E-state index in [0.717, 1.165) is 0 Å². The van der Waals surface area contributed by atoms with Crippen molar-refractivity contribution in [1.82, 2.24) is 0 Å². The number of halogens is 1. The topological polar surface area (TPSA) is 81.5 Å². The minimum Gasteiger partial charge on any atom is -0.467 e. The summed E-state index contributed by atoms with van der Waals surface area (Å²) in [6.45, 7) is 1.79. The van der Waals surface area contributed by atoms with Gasteiger partial charge in [0, 0.05) is 6.07 Å². The first-order valence-corrected chi connectivity index (χ1v) is 5.66. The molecule has 0 aliphatic rings. The lowest BCUT2D eigenvalue weighted by atomic mass is 10.2. The van der Waals surface area contributed by atoms with Crippen LogP contribution in [-0.2, 0) is 9.53 Å². The maximum atomic E-state index is 11.4. The van der Waals surface area contributed by atoms with Crippen LogP contribution in [0.5, 0.6) is 0 Å². The lowest BCUT2D eigenvalue weighted by Gasteiger charge is -2.16. The second kappa shape index (κ2) is 6.20. The number of ether oxygens (including phenoxy) is 1. The fourth-order valence-electron chi connectivity index (χ4n) is 1.43. The lowest BCUT2D eigenvalue weighted by Crippen LogP contribution is -2.29. The van der Waals surface area contributed by atoms with Crippen LogP contribution in [0, 0.1) is 10.1 Å². The quantitative estimate of drug-likeness (QED) is 0.506. The Labute approximate surface area is 109 Å². The summed E-state index contributed by atoms with van der Waals surface area (Å²) in [6.07, 6.45) is 0.478. The number of rotatable bonds is 5. The van der Waals surface area contributed by atoms with Gasteiger partial charge in [-0.1, -0.05) is 24.6 Å². The Kier molecular flexibility index (Phi) is 4.91. The van der Waals surface area contributed by atoms with Gasteiger partial charge < -0.3 is 10.1 Å². The van der Waals surface area contributed by atoms with Gasteiger partial charge in [-0.3, -0.25) is 10.1 Å². The van der Waals surface area contributed by atoms with Crippen molar-refractivity contribution in [3.63, 3.8) is 0 Å². The number of nitrogens with one attached hydrogen (secondary N) is 1. The number of carbonyl (C=O) groups excluding carboxylic acids is 1. The SMILES string of the molecule is CCC(Nc1cccc([N+](=O)[O-])c1Cl)C(=O)OC. The van der Waals surface area contributed by atoms with Gasteiger partial charge >= 0.3 is 5.97 Å². The van der Waals surface area contributed by atoms with Crippen LogP contribution in [0.15, 0.2) is 18.2 Å². The number of esters is 1. The molecular weight excluding hydrogens is 260 g/mol. The van der Waals surface area contributed by atoms with Crippen molar-refractivity contribution in [3.05, 3.63) is 33.3 Å². The predicted molar refractivity (Wildman–Crippen MR) is 67.8 cm³/mol. The molecule has 98 valence electrons. The molecule has 0 heterocycles. The Hall–Kier alpha value is -1.82. The number of methoxy groups -OCH3 is 1. The third-order valence-corrected chi connectivity index (χ3v) is 2.80. The van der Waals surface area contributed by atoms with Gasteiger partial charge in [0.1, 0.15) is 11.1 Å². The maximum absolute atomic E-state index is 11.4. The summed E-state index contributed by atoms with van der Waals surface area (Å²) in [5.41, 5.74) is 0.129. The van der Waals surface area contributed by atoms with E-state index in [2.05, 4.69) is 10.1 Å². The van der Waals surface area contributed by atoms with Crippen LogP contribution in [-0.4, -0.2) is 24.0 Å². The summed E-state index contributed by atoms with van der Waals surface area (Å²) in [7, 11) is 1.28. The fraction of sp³-hybridized carbons (Fsp3) is 0.364. The molecular formula is C11H13ClN2O4. The van der Waals surface area contributed by atoms with E-state index in [4.69, 9.17) is 11.6 Å². The minimum absolute atomic E-state index is 0.0233. The summed E-state index contributed by atoms with van der Waals surface area (Å²) in [5.74, 6) is -0.444. The van der Waals surface area contributed by atoms with Crippen LogP contribution in [0.2, 0.25) is 5.02 Å². The van der Waals surface area contributed by atoms with E-state index >= 15 is 0 Å². The highest BCUT2D eigenvalue weighted by Crippen LogP contribution is 2.32. The van der Waals surface area contributed by atoms with Gasteiger partial charge in [0.15, 0.2) is 0 Å². The van der Waals surface area contributed by atoms with Crippen molar-refractivity contribution in [2.75, 3.05) is 12.4 Å². The summed E-state index contributed by atoms with van der Waals surface area (Å²) in [6, 6.07) is 3.78. The van der Waals surface area contributed by atoms with Crippen molar-refractivity contribution in [2.45, 2.75) is 19.4 Å². The van der Waals surface area contributed by atoms with E-state index in [1.165, 1.54) is 19.2 Å².